The van der Waals surface area contributed by atoms with Crippen molar-refractivity contribution in [3.8, 4) is 0 Å². The summed E-state index contributed by atoms with van der Waals surface area (Å²) in [5, 5.41) is 6.31. The largest absolute Gasteiger partial charge is 0.316 e. The predicted molar refractivity (Wildman–Crippen MR) is 66.7 cm³/mol. The topological polar surface area (TPSA) is 37.8 Å². The smallest absolute Gasteiger partial charge is 0.117 e. The molecule has 1 aliphatic heterocycles. The minimum atomic E-state index is 0.651. The molecular weight excluding hydrogens is 218 g/mol. The van der Waals surface area contributed by atoms with E-state index in [-0.39, 0.29) is 0 Å². The third kappa shape index (κ3) is 1.90. The van der Waals surface area contributed by atoms with E-state index in [1.54, 1.807) is 6.33 Å². The molecule has 0 saturated carbocycles. The number of benzene rings is 1. The summed E-state index contributed by atoms with van der Waals surface area (Å²) in [7, 11) is 0. The lowest BCUT2D eigenvalue weighted by Gasteiger charge is -2.08. The van der Waals surface area contributed by atoms with Crippen molar-refractivity contribution in [1.29, 1.82) is 0 Å². The second kappa shape index (κ2) is 4.39. The van der Waals surface area contributed by atoms with E-state index in [9.17, 15) is 0 Å². The highest BCUT2D eigenvalue weighted by molar-refractivity contribution is 8.00. The Morgan fingerprint density at radius 3 is 3.06 bits per heavy atom. The molecular formula is C12H13N3S. The fraction of sp³-hybridized carbons (Fsp3) is 0.333. The van der Waals surface area contributed by atoms with Gasteiger partial charge in [0.2, 0.25) is 0 Å². The first kappa shape index (κ1) is 10.1. The van der Waals surface area contributed by atoms with Gasteiger partial charge in [-0.15, -0.1) is 11.8 Å². The Morgan fingerprint density at radius 2 is 2.19 bits per heavy atom. The highest BCUT2D eigenvalue weighted by atomic mass is 32.2. The Labute approximate surface area is 98.7 Å². The van der Waals surface area contributed by atoms with Gasteiger partial charge in [-0.2, -0.15) is 0 Å². The molecule has 0 radical (unpaired) electrons. The third-order valence-corrected chi connectivity index (χ3v) is 4.08. The van der Waals surface area contributed by atoms with Crippen LogP contribution in [-0.4, -0.2) is 28.3 Å². The van der Waals surface area contributed by atoms with Crippen LogP contribution in [0.1, 0.15) is 6.42 Å². The maximum atomic E-state index is 4.39. The molecule has 1 atom stereocenters. The molecule has 16 heavy (non-hydrogen) atoms. The second-order valence-corrected chi connectivity index (χ2v) is 5.22. The molecule has 1 aliphatic rings. The fourth-order valence-electron chi connectivity index (χ4n) is 1.96. The lowest BCUT2D eigenvalue weighted by atomic mass is 10.2. The van der Waals surface area contributed by atoms with E-state index in [0.29, 0.717) is 5.25 Å². The Morgan fingerprint density at radius 1 is 1.25 bits per heavy atom. The predicted octanol–water partition coefficient (Wildman–Crippen LogP) is 2.08. The standard InChI is InChI=1S/C12H13N3S/c1-2-4-11-10(3-1)12(15-8-14-11)16-9-5-6-13-7-9/h1-4,8-9,13H,5-7H2. The zero-order valence-corrected chi connectivity index (χ0v) is 9.70. The molecule has 0 bridgehead atoms. The van der Waals surface area contributed by atoms with E-state index >= 15 is 0 Å². The summed E-state index contributed by atoms with van der Waals surface area (Å²) in [6.07, 6.45) is 2.88. The summed E-state index contributed by atoms with van der Waals surface area (Å²) in [5.74, 6) is 0. The van der Waals surface area contributed by atoms with Crippen LogP contribution in [0.4, 0.5) is 0 Å². The minimum Gasteiger partial charge on any atom is -0.316 e. The van der Waals surface area contributed by atoms with Crippen LogP contribution in [0.25, 0.3) is 10.9 Å². The number of nitrogens with zero attached hydrogens (tertiary/aromatic N) is 2. The average Bonchev–Trinajstić information content (AvgIpc) is 2.82. The van der Waals surface area contributed by atoms with Crippen LogP contribution in [0, 0.1) is 0 Å². The molecule has 3 rings (SSSR count). The fourth-order valence-corrected chi connectivity index (χ4v) is 3.12. The lowest BCUT2D eigenvalue weighted by Crippen LogP contribution is -2.10. The van der Waals surface area contributed by atoms with E-state index in [1.165, 1.54) is 11.8 Å². The van der Waals surface area contributed by atoms with Crippen molar-refractivity contribution in [3.63, 3.8) is 0 Å². The van der Waals surface area contributed by atoms with Crippen molar-refractivity contribution in [3.05, 3.63) is 30.6 Å². The van der Waals surface area contributed by atoms with Gasteiger partial charge in [0.05, 0.1) is 5.52 Å². The van der Waals surface area contributed by atoms with Gasteiger partial charge in [-0.1, -0.05) is 18.2 Å². The molecule has 0 amide bonds. The van der Waals surface area contributed by atoms with Gasteiger partial charge in [0.15, 0.2) is 0 Å². The maximum absolute atomic E-state index is 4.39. The number of fused-ring (bicyclic) bond motifs is 1. The van der Waals surface area contributed by atoms with E-state index in [1.807, 2.05) is 30.0 Å². The van der Waals surface area contributed by atoms with Crippen LogP contribution in [0.15, 0.2) is 35.6 Å². The number of para-hydroxylation sites is 1. The van der Waals surface area contributed by atoms with E-state index < -0.39 is 0 Å². The van der Waals surface area contributed by atoms with E-state index in [4.69, 9.17) is 0 Å². The van der Waals surface area contributed by atoms with Crippen molar-refractivity contribution < 1.29 is 0 Å². The molecule has 0 spiro atoms. The number of hydrogen-bond acceptors (Lipinski definition) is 4. The highest BCUT2D eigenvalue weighted by Crippen LogP contribution is 2.29. The first-order valence-electron chi connectivity index (χ1n) is 5.50. The van der Waals surface area contributed by atoms with Crippen molar-refractivity contribution in [2.45, 2.75) is 16.7 Å². The van der Waals surface area contributed by atoms with Crippen LogP contribution in [0.3, 0.4) is 0 Å². The van der Waals surface area contributed by atoms with Gasteiger partial charge in [-0.3, -0.25) is 0 Å². The van der Waals surface area contributed by atoms with E-state index in [2.05, 4.69) is 21.4 Å². The summed E-state index contributed by atoms with van der Waals surface area (Å²) in [4.78, 5) is 8.67. The summed E-state index contributed by atoms with van der Waals surface area (Å²) in [6.45, 7) is 2.21. The molecule has 1 aromatic heterocycles. The summed E-state index contributed by atoms with van der Waals surface area (Å²) in [6, 6.07) is 8.19. The van der Waals surface area contributed by atoms with Crippen molar-refractivity contribution in [2.75, 3.05) is 13.1 Å². The first-order chi connectivity index (χ1) is 7.93. The number of thioether (sulfide) groups is 1. The van der Waals surface area contributed by atoms with Crippen molar-refractivity contribution in [1.82, 2.24) is 15.3 Å². The molecule has 82 valence electrons. The molecule has 3 nitrogen and oxygen atoms in total. The lowest BCUT2D eigenvalue weighted by molar-refractivity contribution is 0.858. The average molecular weight is 231 g/mol. The molecule has 1 fully saturated rings. The number of hydrogen-bond donors (Lipinski definition) is 1. The molecule has 1 unspecified atom stereocenters. The summed E-state index contributed by atoms with van der Waals surface area (Å²) < 4.78 is 0. The Kier molecular flexibility index (Phi) is 2.76. The molecule has 2 aromatic rings. The molecule has 0 aliphatic carbocycles. The van der Waals surface area contributed by atoms with Gasteiger partial charge >= 0.3 is 0 Å². The van der Waals surface area contributed by atoms with Crippen LogP contribution in [-0.2, 0) is 0 Å². The van der Waals surface area contributed by atoms with Gasteiger partial charge < -0.3 is 5.32 Å². The van der Waals surface area contributed by atoms with Crippen molar-refractivity contribution in [2.24, 2.45) is 0 Å². The molecule has 4 heteroatoms. The summed E-state index contributed by atoms with van der Waals surface area (Å²) in [5.41, 5.74) is 1.03. The van der Waals surface area contributed by atoms with E-state index in [0.717, 1.165) is 23.6 Å². The zero-order chi connectivity index (χ0) is 10.8. The number of aromatic nitrogens is 2. The molecule has 1 saturated heterocycles. The highest BCUT2D eigenvalue weighted by Gasteiger charge is 2.17. The second-order valence-electron chi connectivity index (χ2n) is 3.93. The van der Waals surface area contributed by atoms with Crippen LogP contribution in [0.2, 0.25) is 0 Å². The van der Waals surface area contributed by atoms with Crippen LogP contribution < -0.4 is 5.32 Å². The molecule has 2 heterocycles. The zero-order valence-electron chi connectivity index (χ0n) is 8.89. The van der Waals surface area contributed by atoms with Crippen molar-refractivity contribution >= 4 is 22.7 Å². The third-order valence-electron chi connectivity index (χ3n) is 2.80. The minimum absolute atomic E-state index is 0.651. The van der Waals surface area contributed by atoms with Crippen LogP contribution >= 0.6 is 11.8 Å². The Hall–Kier alpha value is -1.13. The van der Waals surface area contributed by atoms with Gasteiger partial charge in [0, 0.05) is 17.2 Å². The van der Waals surface area contributed by atoms with Gasteiger partial charge in [0.25, 0.3) is 0 Å². The first-order valence-corrected chi connectivity index (χ1v) is 6.38. The monoisotopic (exact) mass is 231 g/mol. The number of rotatable bonds is 2. The Balaban J connectivity index is 1.96. The SMILES string of the molecule is c1ccc2c(SC3CCNC3)ncnc2c1. The van der Waals surface area contributed by atoms with Gasteiger partial charge in [0.1, 0.15) is 11.4 Å². The normalized spacial score (nSPS) is 20.4. The van der Waals surface area contributed by atoms with Gasteiger partial charge in [-0.25, -0.2) is 9.97 Å². The van der Waals surface area contributed by atoms with Crippen LogP contribution in [0.5, 0.6) is 0 Å². The van der Waals surface area contributed by atoms with Gasteiger partial charge in [-0.05, 0) is 19.0 Å². The number of nitrogens with one attached hydrogen (secondary N) is 1. The molecule has 1 aromatic carbocycles. The maximum Gasteiger partial charge on any atom is 0.117 e. The quantitative estimate of drug-likeness (QED) is 0.803. The Bertz CT molecular complexity index is 489. The molecule has 1 N–H and O–H groups in total. The summed E-state index contributed by atoms with van der Waals surface area (Å²) >= 11 is 1.87.